The smallest absolute Gasteiger partial charge is 0.322 e. The highest BCUT2D eigenvalue weighted by molar-refractivity contribution is 7.89. The number of sulfonamides is 1. The van der Waals surface area contributed by atoms with Gasteiger partial charge in [0.25, 0.3) is 0 Å². The molecule has 6 nitrogen and oxygen atoms in total. The molecular formula is C23H27NO5S. The summed E-state index contributed by atoms with van der Waals surface area (Å²) in [6.45, 7) is 3.27. The van der Waals surface area contributed by atoms with Crippen molar-refractivity contribution in [3.8, 4) is 11.1 Å². The number of methoxy groups -OCH3 is 2. The van der Waals surface area contributed by atoms with Crippen molar-refractivity contribution in [2.24, 2.45) is 0 Å². The van der Waals surface area contributed by atoms with Crippen LogP contribution in [-0.4, -0.2) is 51.8 Å². The number of hydrogen-bond acceptors (Lipinski definition) is 5. The highest BCUT2D eigenvalue weighted by Gasteiger charge is 2.27. The van der Waals surface area contributed by atoms with Crippen molar-refractivity contribution < 1.29 is 22.7 Å². The van der Waals surface area contributed by atoms with Gasteiger partial charge >= 0.3 is 5.97 Å². The average Bonchev–Trinajstić information content (AvgIpc) is 2.74. The van der Waals surface area contributed by atoms with Crippen LogP contribution in [0.25, 0.3) is 16.7 Å². The maximum absolute atomic E-state index is 12.3. The molecule has 0 radical (unpaired) electrons. The van der Waals surface area contributed by atoms with Crippen LogP contribution in [-0.2, 0) is 30.9 Å². The third kappa shape index (κ3) is 5.16. The van der Waals surface area contributed by atoms with Crippen LogP contribution in [0.1, 0.15) is 23.1 Å². The van der Waals surface area contributed by atoms with E-state index in [1.54, 1.807) is 7.11 Å². The van der Waals surface area contributed by atoms with Crippen molar-refractivity contribution >= 4 is 21.6 Å². The highest BCUT2D eigenvalue weighted by Crippen LogP contribution is 2.30. The zero-order valence-corrected chi connectivity index (χ0v) is 18.4. The number of hydrogen-bond donors (Lipinski definition) is 0. The molecule has 3 rings (SSSR count). The molecule has 0 saturated heterocycles. The van der Waals surface area contributed by atoms with Crippen LogP contribution in [0.15, 0.2) is 48.5 Å². The van der Waals surface area contributed by atoms with E-state index in [2.05, 4.69) is 42.0 Å². The molecule has 0 bridgehead atoms. The van der Waals surface area contributed by atoms with Crippen LogP contribution in [0.3, 0.4) is 0 Å². The Morgan fingerprint density at radius 2 is 1.90 bits per heavy atom. The minimum atomic E-state index is -3.66. The molecule has 30 heavy (non-hydrogen) atoms. The maximum Gasteiger partial charge on any atom is 0.322 e. The van der Waals surface area contributed by atoms with E-state index >= 15 is 0 Å². The molecule has 0 aromatic heterocycles. The number of benzene rings is 2. The quantitative estimate of drug-likeness (QED) is 0.631. The summed E-state index contributed by atoms with van der Waals surface area (Å²) in [5.41, 5.74) is 6.80. The van der Waals surface area contributed by atoms with Crippen molar-refractivity contribution in [2.45, 2.75) is 20.0 Å². The van der Waals surface area contributed by atoms with Gasteiger partial charge in [-0.15, -0.1) is 0 Å². The Hall–Kier alpha value is -2.48. The monoisotopic (exact) mass is 429 g/mol. The summed E-state index contributed by atoms with van der Waals surface area (Å²) in [5.74, 6) is -1.37. The molecule has 2 aromatic rings. The zero-order valence-electron chi connectivity index (χ0n) is 17.6. The van der Waals surface area contributed by atoms with Crippen LogP contribution in [0.5, 0.6) is 0 Å². The van der Waals surface area contributed by atoms with Crippen LogP contribution in [0.4, 0.5) is 0 Å². The molecule has 160 valence electrons. The normalized spacial score (nSPS) is 15.0. The minimum Gasteiger partial charge on any atom is -0.468 e. The van der Waals surface area contributed by atoms with Gasteiger partial charge in [0, 0.05) is 20.2 Å². The Kier molecular flexibility index (Phi) is 7.07. The van der Waals surface area contributed by atoms with Gasteiger partial charge in [0.05, 0.1) is 13.7 Å². The first-order valence-electron chi connectivity index (χ1n) is 9.77. The molecule has 0 atom stereocenters. The summed E-state index contributed by atoms with van der Waals surface area (Å²) < 4.78 is 35.7. The summed E-state index contributed by atoms with van der Waals surface area (Å²) in [5, 5.41) is 0. The lowest BCUT2D eigenvalue weighted by Crippen LogP contribution is -2.38. The van der Waals surface area contributed by atoms with Gasteiger partial charge in [-0.25, -0.2) is 8.42 Å². The van der Waals surface area contributed by atoms with Gasteiger partial charge in [0.2, 0.25) is 10.0 Å². The van der Waals surface area contributed by atoms with Crippen molar-refractivity contribution in [1.29, 1.82) is 0 Å². The summed E-state index contributed by atoms with van der Waals surface area (Å²) >= 11 is 0. The fourth-order valence-electron chi connectivity index (χ4n) is 3.65. The molecule has 0 spiro atoms. The second-order valence-electron chi connectivity index (χ2n) is 7.33. The van der Waals surface area contributed by atoms with Crippen LogP contribution >= 0.6 is 0 Å². The maximum atomic E-state index is 12.3. The van der Waals surface area contributed by atoms with Gasteiger partial charge < -0.3 is 9.47 Å². The van der Waals surface area contributed by atoms with E-state index in [1.165, 1.54) is 11.4 Å². The van der Waals surface area contributed by atoms with E-state index < -0.39 is 21.7 Å². The number of nitrogens with zero attached hydrogens (tertiary/aromatic N) is 1. The van der Waals surface area contributed by atoms with Crippen LogP contribution in [0.2, 0.25) is 0 Å². The lowest BCUT2D eigenvalue weighted by atomic mass is 9.93. The predicted octanol–water partition coefficient (Wildman–Crippen LogP) is 3.40. The van der Waals surface area contributed by atoms with Crippen LogP contribution in [0, 0.1) is 6.92 Å². The second kappa shape index (κ2) is 9.55. The van der Waals surface area contributed by atoms with Gasteiger partial charge in [-0.05, 0) is 52.8 Å². The van der Waals surface area contributed by atoms with Crippen molar-refractivity contribution in [2.75, 3.05) is 33.1 Å². The number of aryl methyl sites for hydroxylation is 1. The largest absolute Gasteiger partial charge is 0.468 e. The number of carbonyl (C=O) groups is 1. The Morgan fingerprint density at radius 1 is 1.10 bits per heavy atom. The molecule has 1 aliphatic heterocycles. The molecule has 0 fully saturated rings. The molecule has 0 saturated carbocycles. The molecule has 7 heteroatoms. The lowest BCUT2D eigenvalue weighted by Gasteiger charge is -2.25. The molecule has 1 aliphatic rings. The number of carbonyl (C=O) groups excluding carboxylic acids is 1. The topological polar surface area (TPSA) is 72.9 Å². The molecule has 2 aromatic carbocycles. The molecule has 1 heterocycles. The van der Waals surface area contributed by atoms with Gasteiger partial charge in [-0.1, -0.05) is 42.5 Å². The van der Waals surface area contributed by atoms with Crippen LogP contribution < -0.4 is 0 Å². The Bertz CT molecular complexity index is 1060. The van der Waals surface area contributed by atoms with E-state index in [4.69, 9.17) is 4.74 Å². The summed E-state index contributed by atoms with van der Waals surface area (Å²) in [4.78, 5) is 11.3. The average molecular weight is 430 g/mol. The molecule has 0 aliphatic carbocycles. The third-order valence-electron chi connectivity index (χ3n) is 5.24. The van der Waals surface area contributed by atoms with Gasteiger partial charge in [-0.2, -0.15) is 4.31 Å². The molecule has 0 amide bonds. The van der Waals surface area contributed by atoms with E-state index in [0.717, 1.165) is 33.4 Å². The zero-order chi connectivity index (χ0) is 21.7. The minimum absolute atomic E-state index is 0.258. The first kappa shape index (κ1) is 22.2. The Balaban J connectivity index is 1.77. The summed E-state index contributed by atoms with van der Waals surface area (Å²) in [7, 11) is -0.783. The van der Waals surface area contributed by atoms with E-state index in [1.807, 2.05) is 18.2 Å². The number of esters is 1. The first-order chi connectivity index (χ1) is 14.3. The number of rotatable bonds is 7. The van der Waals surface area contributed by atoms with Gasteiger partial charge in [0.15, 0.2) is 5.75 Å². The first-order valence-corrected chi connectivity index (χ1v) is 11.4. The Morgan fingerprint density at radius 3 is 2.53 bits per heavy atom. The standard InChI is InChI=1S/C23H27NO5S/c1-17-13-20(7-8-22(17)21-6-4-5-18(14-21)15-28-2)19-9-11-24(12-10-19)30(26,27)16-23(25)29-3/h4-9,13-14H,10-12,15-16H2,1-3H3. The van der Waals surface area contributed by atoms with Crippen molar-refractivity contribution in [3.05, 3.63) is 65.2 Å². The molecular weight excluding hydrogens is 402 g/mol. The lowest BCUT2D eigenvalue weighted by molar-refractivity contribution is -0.137. The third-order valence-corrected chi connectivity index (χ3v) is 6.96. The van der Waals surface area contributed by atoms with E-state index in [-0.39, 0.29) is 6.54 Å². The highest BCUT2D eigenvalue weighted by atomic mass is 32.2. The second-order valence-corrected chi connectivity index (χ2v) is 9.30. The summed E-state index contributed by atoms with van der Waals surface area (Å²) in [6, 6.07) is 14.6. The van der Waals surface area contributed by atoms with Gasteiger partial charge in [-0.3, -0.25) is 4.79 Å². The SMILES string of the molecule is COCc1cccc(-c2ccc(C3=CCN(S(=O)(=O)CC(=O)OC)CC3)cc2C)c1. The van der Waals surface area contributed by atoms with E-state index in [0.29, 0.717) is 19.6 Å². The van der Waals surface area contributed by atoms with E-state index in [9.17, 15) is 13.2 Å². The fraction of sp³-hybridized carbons (Fsp3) is 0.348. The fourth-order valence-corrected chi connectivity index (χ4v) is 4.92. The predicted molar refractivity (Wildman–Crippen MR) is 117 cm³/mol. The van der Waals surface area contributed by atoms with Gasteiger partial charge in [0.1, 0.15) is 0 Å². The molecule has 0 unspecified atom stereocenters. The molecule has 0 N–H and O–H groups in total. The van der Waals surface area contributed by atoms with Crippen molar-refractivity contribution in [1.82, 2.24) is 4.31 Å². The summed E-state index contributed by atoms with van der Waals surface area (Å²) in [6.07, 6.45) is 2.52. The van der Waals surface area contributed by atoms with Crippen molar-refractivity contribution in [3.63, 3.8) is 0 Å². The Labute approximate surface area is 178 Å². The number of ether oxygens (including phenoxy) is 2.